The minimum Gasteiger partial charge on any atom is -0.334 e. The number of hydrogen-bond acceptors (Lipinski definition) is 6. The molecule has 4 aliphatic rings. The molecule has 4 N–H and O–H groups in total. The molecule has 11 nitrogen and oxygen atoms in total. The molecule has 11 heteroatoms. The van der Waals surface area contributed by atoms with E-state index in [0.29, 0.717) is 35.1 Å². The van der Waals surface area contributed by atoms with Gasteiger partial charge in [0.25, 0.3) is 0 Å². The van der Waals surface area contributed by atoms with Crippen LogP contribution in [0.15, 0.2) is 65.5 Å². The number of amides is 2. The molecule has 238 valence electrons. The number of aliphatic imine (C=N–C) groups is 1. The van der Waals surface area contributed by atoms with E-state index >= 15 is 0 Å². The molecule has 3 aromatic heterocycles. The quantitative estimate of drug-likeness (QED) is 0.204. The standard InChI is InChI=1S/C35H41N9O2/c1-5-33-37-30(18-44(33)4)20(3)35(46)39-32-17-29(41-43-32)25-14-24(25)13-21-7-6-8-23-15-27(36-26(23)12-9-21)19(2)34(45)38-31-16-28(40-42-31)22-10-11-22/h5,7,9,12,15-20,22-25H,1,6,8,10-11,13-14H2,2-4H3,(H2,38,40,42,45)(H2,39,41,43,46)/t19?,20-,23?,24?,25-/m1/s1. The van der Waals surface area contributed by atoms with E-state index in [9.17, 15) is 9.59 Å². The number of aryl methyl sites for hydroxylation is 1. The van der Waals surface area contributed by atoms with Crippen LogP contribution in [-0.4, -0.2) is 47.5 Å². The van der Waals surface area contributed by atoms with Crippen LogP contribution in [0.1, 0.15) is 93.0 Å². The van der Waals surface area contributed by atoms with Gasteiger partial charge in [-0.25, -0.2) is 4.98 Å². The zero-order valence-corrected chi connectivity index (χ0v) is 26.6. The van der Waals surface area contributed by atoms with Gasteiger partial charge in [0, 0.05) is 65.9 Å². The Bertz CT molecular complexity index is 1800. The highest BCUT2D eigenvalue weighted by Gasteiger charge is 2.40. The van der Waals surface area contributed by atoms with Crippen molar-refractivity contribution in [2.75, 3.05) is 10.6 Å². The molecule has 2 saturated carbocycles. The number of hydrogen-bond donors (Lipinski definition) is 4. The van der Waals surface area contributed by atoms with Gasteiger partial charge in [-0.2, -0.15) is 10.2 Å². The Morgan fingerprint density at radius 2 is 1.76 bits per heavy atom. The molecule has 0 radical (unpaired) electrons. The molecule has 2 amide bonds. The summed E-state index contributed by atoms with van der Waals surface area (Å²) in [5.74, 6) is 2.52. The SMILES string of the molecule is C=Cc1nc([C@@H](C)C(=O)Nc2cc([C@@H]3CC3CC3=CCCC4C=C(C(C)C(=O)Nc5cc(C6CC6)[nH]n5)N=C4C=C3)[nH]n2)cn1C. The summed E-state index contributed by atoms with van der Waals surface area (Å²) in [6.45, 7) is 7.52. The van der Waals surface area contributed by atoms with Crippen molar-refractivity contribution in [1.82, 2.24) is 29.9 Å². The third kappa shape index (κ3) is 6.31. The zero-order valence-electron chi connectivity index (χ0n) is 26.6. The van der Waals surface area contributed by atoms with E-state index in [-0.39, 0.29) is 23.7 Å². The monoisotopic (exact) mass is 619 g/mol. The largest absolute Gasteiger partial charge is 0.334 e. The predicted molar refractivity (Wildman–Crippen MR) is 178 cm³/mol. The number of allylic oxidation sites excluding steroid dienone is 5. The van der Waals surface area contributed by atoms with Crippen LogP contribution in [-0.2, 0) is 16.6 Å². The molecule has 7 rings (SSSR count). The topological polar surface area (TPSA) is 146 Å². The fourth-order valence-electron chi connectivity index (χ4n) is 6.45. The summed E-state index contributed by atoms with van der Waals surface area (Å²) in [4.78, 5) is 35.2. The number of aromatic amines is 2. The van der Waals surface area contributed by atoms with E-state index in [0.717, 1.165) is 54.3 Å². The van der Waals surface area contributed by atoms with Crippen molar-refractivity contribution in [3.8, 4) is 0 Å². The van der Waals surface area contributed by atoms with E-state index in [4.69, 9.17) is 4.99 Å². The van der Waals surface area contributed by atoms with Crippen molar-refractivity contribution < 1.29 is 9.59 Å². The van der Waals surface area contributed by atoms with Gasteiger partial charge in [-0.3, -0.25) is 24.8 Å². The number of anilines is 2. The average Bonchev–Trinajstić information content (AvgIpc) is 3.79. The Labute approximate surface area is 268 Å². The molecule has 5 atom stereocenters. The van der Waals surface area contributed by atoms with E-state index in [1.54, 1.807) is 6.08 Å². The number of rotatable bonds is 11. The van der Waals surface area contributed by atoms with Crippen molar-refractivity contribution in [3.63, 3.8) is 0 Å². The number of aromatic nitrogens is 6. The summed E-state index contributed by atoms with van der Waals surface area (Å²) >= 11 is 0. The molecule has 3 unspecified atom stereocenters. The van der Waals surface area contributed by atoms with Crippen molar-refractivity contribution in [2.24, 2.45) is 29.8 Å². The highest BCUT2D eigenvalue weighted by atomic mass is 16.2. The van der Waals surface area contributed by atoms with Crippen LogP contribution >= 0.6 is 0 Å². The van der Waals surface area contributed by atoms with Crippen molar-refractivity contribution in [3.05, 3.63) is 83.4 Å². The molecular weight excluding hydrogens is 578 g/mol. The second-order valence-corrected chi connectivity index (χ2v) is 13.2. The fraction of sp³-hybridized carbons (Fsp3) is 0.429. The Balaban J connectivity index is 0.912. The number of carbonyl (C=O) groups excluding carboxylic acids is 2. The van der Waals surface area contributed by atoms with E-state index in [2.05, 4.69) is 66.9 Å². The second kappa shape index (κ2) is 12.2. The molecule has 3 aliphatic carbocycles. The van der Waals surface area contributed by atoms with Crippen molar-refractivity contribution in [2.45, 2.75) is 70.1 Å². The highest BCUT2D eigenvalue weighted by Crippen LogP contribution is 2.51. The van der Waals surface area contributed by atoms with Gasteiger partial charge < -0.3 is 15.2 Å². The molecule has 2 fully saturated rings. The summed E-state index contributed by atoms with van der Waals surface area (Å²) in [5.41, 5.74) is 6.01. The van der Waals surface area contributed by atoms with Crippen molar-refractivity contribution >= 4 is 35.2 Å². The lowest BCUT2D eigenvalue weighted by Gasteiger charge is -2.12. The maximum atomic E-state index is 13.0. The minimum absolute atomic E-state index is 0.0901. The molecule has 46 heavy (non-hydrogen) atoms. The smallest absolute Gasteiger partial charge is 0.234 e. The van der Waals surface area contributed by atoms with E-state index in [1.165, 1.54) is 18.4 Å². The van der Waals surface area contributed by atoms with Crippen LogP contribution < -0.4 is 10.6 Å². The normalized spacial score (nSPS) is 23.3. The van der Waals surface area contributed by atoms with Gasteiger partial charge >= 0.3 is 0 Å². The van der Waals surface area contributed by atoms with Gasteiger partial charge in [0.15, 0.2) is 11.6 Å². The molecule has 0 aromatic carbocycles. The first kappa shape index (κ1) is 29.9. The third-order valence-electron chi connectivity index (χ3n) is 9.68. The molecule has 0 bridgehead atoms. The fourth-order valence-corrected chi connectivity index (χ4v) is 6.45. The summed E-state index contributed by atoms with van der Waals surface area (Å²) in [7, 11) is 1.89. The summed E-state index contributed by atoms with van der Waals surface area (Å²) in [6.07, 6.45) is 18.7. The molecular formula is C35H41N9O2. The summed E-state index contributed by atoms with van der Waals surface area (Å²) in [5, 5.41) is 20.7. The van der Waals surface area contributed by atoms with E-state index < -0.39 is 5.92 Å². The van der Waals surface area contributed by atoms with Crippen molar-refractivity contribution in [1.29, 1.82) is 0 Å². The lowest BCUT2D eigenvalue weighted by atomic mass is 9.92. The number of nitrogens with one attached hydrogen (secondary N) is 4. The third-order valence-corrected chi connectivity index (χ3v) is 9.68. The number of carbonyl (C=O) groups is 2. The number of nitrogens with zero attached hydrogens (tertiary/aromatic N) is 5. The van der Waals surface area contributed by atoms with Gasteiger partial charge in [0.2, 0.25) is 11.8 Å². The van der Waals surface area contributed by atoms with Crippen LogP contribution in [0.5, 0.6) is 0 Å². The van der Waals surface area contributed by atoms with Crippen LogP contribution in [0, 0.1) is 17.8 Å². The summed E-state index contributed by atoms with van der Waals surface area (Å²) < 4.78 is 1.86. The van der Waals surface area contributed by atoms with Crippen LogP contribution in [0.2, 0.25) is 0 Å². The van der Waals surface area contributed by atoms with Gasteiger partial charge in [-0.15, -0.1) is 0 Å². The molecule has 4 heterocycles. The average molecular weight is 620 g/mol. The van der Waals surface area contributed by atoms with Gasteiger partial charge in [0.05, 0.1) is 17.5 Å². The minimum atomic E-state index is -0.413. The molecule has 0 saturated heterocycles. The molecule has 0 spiro atoms. The zero-order chi connectivity index (χ0) is 31.9. The lowest BCUT2D eigenvalue weighted by Crippen LogP contribution is -2.21. The Morgan fingerprint density at radius 1 is 1.04 bits per heavy atom. The van der Waals surface area contributed by atoms with Gasteiger partial charge in [-0.05, 0) is 70.4 Å². The second-order valence-electron chi connectivity index (χ2n) is 13.2. The Hall–Kier alpha value is -4.80. The Kier molecular flexibility index (Phi) is 7.92. The highest BCUT2D eigenvalue weighted by molar-refractivity contribution is 6.02. The van der Waals surface area contributed by atoms with Crippen LogP contribution in [0.3, 0.4) is 0 Å². The first-order valence-electron chi connectivity index (χ1n) is 16.3. The van der Waals surface area contributed by atoms with Crippen LogP contribution in [0.25, 0.3) is 6.08 Å². The number of H-pyrrole nitrogens is 2. The predicted octanol–water partition coefficient (Wildman–Crippen LogP) is 6.13. The van der Waals surface area contributed by atoms with Crippen LogP contribution in [0.4, 0.5) is 11.6 Å². The van der Waals surface area contributed by atoms with E-state index in [1.807, 2.05) is 43.8 Å². The maximum absolute atomic E-state index is 13.0. The number of imidazole rings is 1. The molecule has 1 aliphatic heterocycles. The number of fused-ring (bicyclic) bond motifs is 1. The van der Waals surface area contributed by atoms with Gasteiger partial charge in [0.1, 0.15) is 5.82 Å². The Morgan fingerprint density at radius 3 is 2.48 bits per heavy atom. The first-order chi connectivity index (χ1) is 22.2. The first-order valence-corrected chi connectivity index (χ1v) is 16.3. The van der Waals surface area contributed by atoms with Gasteiger partial charge in [-0.1, -0.05) is 30.4 Å². The summed E-state index contributed by atoms with van der Waals surface area (Å²) in [6, 6.07) is 3.89. The lowest BCUT2D eigenvalue weighted by molar-refractivity contribution is -0.118. The molecule has 3 aromatic rings. The maximum Gasteiger partial charge on any atom is 0.234 e.